The maximum atomic E-state index is 11.7. The third-order valence-electron chi connectivity index (χ3n) is 2.81. The van der Waals surface area contributed by atoms with Gasteiger partial charge in [-0.25, -0.2) is 4.79 Å². The van der Waals surface area contributed by atoms with Crippen LogP contribution in [0.4, 0.5) is 0 Å². The molecule has 0 heterocycles. The first-order valence-electron chi connectivity index (χ1n) is 7.15. The van der Waals surface area contributed by atoms with Gasteiger partial charge in [0.25, 0.3) is 0 Å². The lowest BCUT2D eigenvalue weighted by atomic mass is 9.98. The molecule has 0 aliphatic rings. The molecule has 0 rings (SSSR count). The van der Waals surface area contributed by atoms with Crippen LogP contribution in [-0.2, 0) is 28.7 Å². The maximum Gasteiger partial charge on any atom is 0.326 e. The first kappa shape index (κ1) is 19.9. The molecule has 0 aromatic carbocycles. The second-order valence-electron chi connectivity index (χ2n) is 4.67. The van der Waals surface area contributed by atoms with Crippen LogP contribution in [-0.4, -0.2) is 48.2 Å². The van der Waals surface area contributed by atoms with Gasteiger partial charge in [-0.1, -0.05) is 6.92 Å². The Kier molecular flexibility index (Phi) is 9.56. The zero-order valence-corrected chi connectivity index (χ0v) is 13.1. The van der Waals surface area contributed by atoms with Gasteiger partial charge < -0.3 is 19.9 Å². The second kappa shape index (κ2) is 10.6. The van der Waals surface area contributed by atoms with Gasteiger partial charge in [0.2, 0.25) is 5.91 Å². The van der Waals surface area contributed by atoms with Crippen LogP contribution in [0.5, 0.6) is 0 Å². The Morgan fingerprint density at radius 2 is 1.55 bits per heavy atom. The topological polar surface area (TPSA) is 119 Å². The van der Waals surface area contributed by atoms with Crippen LogP contribution in [0.3, 0.4) is 0 Å². The van der Waals surface area contributed by atoms with E-state index in [9.17, 15) is 19.2 Å². The minimum atomic E-state index is -1.25. The van der Waals surface area contributed by atoms with Crippen molar-refractivity contribution in [3.63, 3.8) is 0 Å². The van der Waals surface area contributed by atoms with E-state index in [1.807, 2.05) is 0 Å². The number of nitrogens with one attached hydrogen (secondary N) is 1. The number of carboxylic acids is 1. The average molecular weight is 317 g/mol. The number of amides is 1. The van der Waals surface area contributed by atoms with Crippen molar-refractivity contribution >= 4 is 23.8 Å². The lowest BCUT2D eigenvalue weighted by molar-refractivity contribution is -0.147. The van der Waals surface area contributed by atoms with Gasteiger partial charge in [-0.2, -0.15) is 0 Å². The number of aliphatic carboxylic acids is 1. The van der Waals surface area contributed by atoms with E-state index in [4.69, 9.17) is 9.84 Å². The molecule has 0 fully saturated rings. The first-order valence-corrected chi connectivity index (χ1v) is 7.15. The summed E-state index contributed by atoms with van der Waals surface area (Å²) < 4.78 is 9.42. The number of hydrogen-bond donors (Lipinski definition) is 2. The fourth-order valence-electron chi connectivity index (χ4n) is 1.74. The fourth-order valence-corrected chi connectivity index (χ4v) is 1.74. The largest absolute Gasteiger partial charge is 0.480 e. The molecule has 0 aromatic rings. The Hall–Kier alpha value is -2.12. The Bertz CT molecular complexity index is 408. The minimum Gasteiger partial charge on any atom is -0.480 e. The number of rotatable bonds is 10. The fraction of sp³-hybridized carbons (Fsp3) is 0.714. The smallest absolute Gasteiger partial charge is 0.326 e. The van der Waals surface area contributed by atoms with E-state index >= 15 is 0 Å². The highest BCUT2D eigenvalue weighted by molar-refractivity contribution is 5.86. The molecule has 126 valence electrons. The molecular formula is C14H23NO7. The first-order chi connectivity index (χ1) is 10.3. The SMILES string of the molecule is CCOC(=O)CCC(=O)N[C@@H](C(=O)O)[C@@H](C)CC(=O)OCC. The summed E-state index contributed by atoms with van der Waals surface area (Å²) in [5.41, 5.74) is 0. The molecule has 8 heteroatoms. The summed E-state index contributed by atoms with van der Waals surface area (Å²) in [6, 6.07) is -1.22. The van der Waals surface area contributed by atoms with Crippen molar-refractivity contribution < 1.29 is 33.8 Å². The quantitative estimate of drug-likeness (QED) is 0.563. The molecule has 0 saturated carbocycles. The standard InChI is InChI=1S/C14H23NO7/c1-4-21-11(17)7-6-10(16)15-13(14(19)20)9(3)8-12(18)22-5-2/h9,13H,4-8H2,1-3H3,(H,15,16)(H,19,20)/t9-,13+/m0/s1. The van der Waals surface area contributed by atoms with Crippen molar-refractivity contribution in [3.8, 4) is 0 Å². The molecule has 0 bridgehead atoms. The van der Waals surface area contributed by atoms with Gasteiger partial charge in [0.15, 0.2) is 0 Å². The summed E-state index contributed by atoms with van der Waals surface area (Å²) in [5, 5.41) is 11.4. The van der Waals surface area contributed by atoms with Crippen molar-refractivity contribution in [1.29, 1.82) is 0 Å². The van der Waals surface area contributed by atoms with E-state index in [2.05, 4.69) is 10.1 Å². The van der Waals surface area contributed by atoms with Crippen LogP contribution in [0.1, 0.15) is 40.0 Å². The van der Waals surface area contributed by atoms with Crippen LogP contribution < -0.4 is 5.32 Å². The summed E-state index contributed by atoms with van der Waals surface area (Å²) in [6.45, 7) is 5.25. The van der Waals surface area contributed by atoms with Gasteiger partial charge in [-0.05, 0) is 19.8 Å². The molecule has 0 aliphatic carbocycles. The number of carbonyl (C=O) groups is 4. The third kappa shape index (κ3) is 8.23. The zero-order valence-electron chi connectivity index (χ0n) is 13.1. The molecule has 0 radical (unpaired) electrons. The van der Waals surface area contributed by atoms with E-state index in [1.165, 1.54) is 6.92 Å². The molecule has 0 aliphatic heterocycles. The Labute approximate surface area is 129 Å². The minimum absolute atomic E-state index is 0.122. The van der Waals surface area contributed by atoms with Crippen LogP contribution in [0.25, 0.3) is 0 Å². The van der Waals surface area contributed by atoms with E-state index in [-0.39, 0.29) is 32.5 Å². The highest BCUT2D eigenvalue weighted by Crippen LogP contribution is 2.10. The van der Waals surface area contributed by atoms with Gasteiger partial charge in [-0.3, -0.25) is 14.4 Å². The Morgan fingerprint density at radius 3 is 2.05 bits per heavy atom. The van der Waals surface area contributed by atoms with Gasteiger partial charge in [0, 0.05) is 6.42 Å². The van der Waals surface area contributed by atoms with E-state index < -0.39 is 35.8 Å². The van der Waals surface area contributed by atoms with Crippen LogP contribution in [0.2, 0.25) is 0 Å². The number of carboxylic acid groups (broad SMARTS) is 1. The normalized spacial score (nSPS) is 12.9. The van der Waals surface area contributed by atoms with Crippen molar-refractivity contribution in [1.82, 2.24) is 5.32 Å². The molecule has 0 unspecified atom stereocenters. The van der Waals surface area contributed by atoms with Gasteiger partial charge in [0.05, 0.1) is 26.1 Å². The summed E-state index contributed by atoms with van der Waals surface area (Å²) in [4.78, 5) is 45.4. The molecule has 8 nitrogen and oxygen atoms in total. The number of ether oxygens (including phenoxy) is 2. The van der Waals surface area contributed by atoms with Gasteiger partial charge in [0.1, 0.15) is 6.04 Å². The summed E-state index contributed by atoms with van der Waals surface area (Å²) in [5.74, 6) is -3.52. The highest BCUT2D eigenvalue weighted by Gasteiger charge is 2.28. The predicted octanol–water partition coefficient (Wildman–Crippen LogP) is 0.488. The predicted molar refractivity (Wildman–Crippen MR) is 75.8 cm³/mol. The lowest BCUT2D eigenvalue weighted by Crippen LogP contribution is -2.45. The van der Waals surface area contributed by atoms with Crippen molar-refractivity contribution in [2.45, 2.75) is 46.1 Å². The number of esters is 2. The molecule has 0 saturated heterocycles. The Morgan fingerprint density at radius 1 is 1.00 bits per heavy atom. The van der Waals surface area contributed by atoms with Gasteiger partial charge >= 0.3 is 17.9 Å². The maximum absolute atomic E-state index is 11.7. The molecule has 1 amide bonds. The molecule has 2 atom stereocenters. The Balaban J connectivity index is 4.44. The second-order valence-corrected chi connectivity index (χ2v) is 4.67. The van der Waals surface area contributed by atoms with Crippen LogP contribution in [0.15, 0.2) is 0 Å². The van der Waals surface area contributed by atoms with Crippen molar-refractivity contribution in [2.75, 3.05) is 13.2 Å². The summed E-state index contributed by atoms with van der Waals surface area (Å²) in [7, 11) is 0. The van der Waals surface area contributed by atoms with Crippen molar-refractivity contribution in [3.05, 3.63) is 0 Å². The molecular weight excluding hydrogens is 294 g/mol. The van der Waals surface area contributed by atoms with Crippen LogP contribution >= 0.6 is 0 Å². The monoisotopic (exact) mass is 317 g/mol. The third-order valence-corrected chi connectivity index (χ3v) is 2.81. The molecule has 2 N–H and O–H groups in total. The highest BCUT2D eigenvalue weighted by atomic mass is 16.5. The lowest BCUT2D eigenvalue weighted by Gasteiger charge is -2.20. The van der Waals surface area contributed by atoms with E-state index in [0.29, 0.717) is 0 Å². The molecule has 0 spiro atoms. The van der Waals surface area contributed by atoms with Gasteiger partial charge in [-0.15, -0.1) is 0 Å². The summed E-state index contributed by atoms with van der Waals surface area (Å²) in [6.07, 6.45) is -0.421. The average Bonchev–Trinajstić information content (AvgIpc) is 2.42. The number of hydrogen-bond acceptors (Lipinski definition) is 6. The van der Waals surface area contributed by atoms with Crippen molar-refractivity contribution in [2.24, 2.45) is 5.92 Å². The number of carbonyl (C=O) groups excluding carboxylic acids is 3. The van der Waals surface area contributed by atoms with E-state index in [0.717, 1.165) is 0 Å². The van der Waals surface area contributed by atoms with E-state index in [1.54, 1.807) is 13.8 Å². The molecule has 0 aromatic heterocycles. The zero-order chi connectivity index (χ0) is 17.1. The summed E-state index contributed by atoms with van der Waals surface area (Å²) >= 11 is 0. The molecule has 22 heavy (non-hydrogen) atoms. The van der Waals surface area contributed by atoms with Crippen LogP contribution in [0, 0.1) is 5.92 Å².